The second-order valence-corrected chi connectivity index (χ2v) is 6.07. The van der Waals surface area contributed by atoms with E-state index in [9.17, 15) is 4.79 Å². The van der Waals surface area contributed by atoms with Crippen LogP contribution < -0.4 is 5.32 Å². The van der Waals surface area contributed by atoms with Crippen molar-refractivity contribution in [2.24, 2.45) is 0 Å². The summed E-state index contributed by atoms with van der Waals surface area (Å²) in [7, 11) is 2.16. The normalized spacial score (nSPS) is 20.6. The lowest BCUT2D eigenvalue weighted by Gasteiger charge is -2.32. The number of carbonyl (C=O) groups is 1. The highest BCUT2D eigenvalue weighted by molar-refractivity contribution is 5.90. The third-order valence-electron chi connectivity index (χ3n) is 4.20. The Hall–Kier alpha value is -1.47. The molecule has 1 aliphatic carbocycles. The maximum Gasteiger partial charge on any atom is 0.290 e. The summed E-state index contributed by atoms with van der Waals surface area (Å²) in [6.07, 6.45) is 3.28. The highest BCUT2D eigenvalue weighted by Crippen LogP contribution is 2.37. The molecule has 1 amide bonds. The summed E-state index contributed by atoms with van der Waals surface area (Å²) in [6, 6.07) is 0. The first-order valence-electron chi connectivity index (χ1n) is 7.84. The molecule has 0 bridgehead atoms. The van der Waals surface area contributed by atoms with Gasteiger partial charge in [-0.15, -0.1) is 5.10 Å². The molecule has 2 aliphatic rings. The number of aromatic amines is 1. The number of nitrogens with one attached hydrogen (secondary N) is 2. The Morgan fingerprint density at radius 3 is 2.81 bits per heavy atom. The number of carbonyl (C=O) groups excluding carboxylic acids is 1. The average molecular weight is 292 g/mol. The number of nitrogens with zero attached hydrogens (tertiary/aromatic N) is 4. The van der Waals surface area contributed by atoms with Gasteiger partial charge in [-0.2, -0.15) is 0 Å². The standard InChI is InChI=1S/C14H24N6O/c1-19-7-9-20(10-8-19)6-2-5-15-14(21)13-16-12(17-18-13)11-3-4-11/h11H,2-10H2,1H3,(H,15,21)(H,16,17,18). The zero-order valence-electron chi connectivity index (χ0n) is 12.6. The molecule has 0 atom stereocenters. The fraction of sp³-hybridized carbons (Fsp3) is 0.786. The minimum Gasteiger partial charge on any atom is -0.349 e. The zero-order chi connectivity index (χ0) is 14.7. The van der Waals surface area contributed by atoms with E-state index in [0.717, 1.165) is 57.8 Å². The van der Waals surface area contributed by atoms with Gasteiger partial charge >= 0.3 is 0 Å². The SMILES string of the molecule is CN1CCN(CCCNC(=O)c2n[nH]c(C3CC3)n2)CC1. The first kappa shape index (κ1) is 14.5. The van der Waals surface area contributed by atoms with Crippen molar-refractivity contribution in [1.82, 2.24) is 30.3 Å². The number of hydrogen-bond acceptors (Lipinski definition) is 5. The summed E-state index contributed by atoms with van der Waals surface area (Å²) >= 11 is 0. The highest BCUT2D eigenvalue weighted by Gasteiger charge is 2.28. The number of piperazine rings is 1. The van der Waals surface area contributed by atoms with Gasteiger partial charge in [0.25, 0.3) is 5.91 Å². The Kier molecular flexibility index (Phi) is 4.50. The Morgan fingerprint density at radius 1 is 1.33 bits per heavy atom. The highest BCUT2D eigenvalue weighted by atomic mass is 16.2. The Labute approximate surface area is 125 Å². The Balaban J connectivity index is 1.33. The topological polar surface area (TPSA) is 77.1 Å². The van der Waals surface area contributed by atoms with Gasteiger partial charge in [0.1, 0.15) is 5.82 Å². The van der Waals surface area contributed by atoms with Gasteiger partial charge in [-0.05, 0) is 32.9 Å². The van der Waals surface area contributed by atoms with E-state index in [2.05, 4.69) is 37.3 Å². The Bertz CT molecular complexity index is 476. The van der Waals surface area contributed by atoms with Gasteiger partial charge < -0.3 is 15.1 Å². The molecular weight excluding hydrogens is 268 g/mol. The first-order valence-corrected chi connectivity index (χ1v) is 7.84. The third-order valence-corrected chi connectivity index (χ3v) is 4.20. The van der Waals surface area contributed by atoms with Crippen LogP contribution in [0.4, 0.5) is 0 Å². The van der Waals surface area contributed by atoms with Crippen LogP contribution in [-0.4, -0.2) is 77.2 Å². The minimum atomic E-state index is -0.170. The summed E-state index contributed by atoms with van der Waals surface area (Å²) in [6.45, 7) is 6.22. The molecule has 7 nitrogen and oxygen atoms in total. The van der Waals surface area contributed by atoms with Gasteiger partial charge in [0.15, 0.2) is 0 Å². The van der Waals surface area contributed by atoms with Crippen LogP contribution in [0.25, 0.3) is 0 Å². The number of likely N-dealkylation sites (N-methyl/N-ethyl adjacent to an activating group) is 1. The molecule has 21 heavy (non-hydrogen) atoms. The van der Waals surface area contributed by atoms with Crippen LogP contribution in [0.2, 0.25) is 0 Å². The van der Waals surface area contributed by atoms with Crippen molar-refractivity contribution in [3.63, 3.8) is 0 Å². The molecule has 1 saturated carbocycles. The average Bonchev–Trinajstić information content (AvgIpc) is 3.22. The number of hydrogen-bond donors (Lipinski definition) is 2. The van der Waals surface area contributed by atoms with Crippen LogP contribution in [0, 0.1) is 0 Å². The van der Waals surface area contributed by atoms with Crippen LogP contribution >= 0.6 is 0 Å². The summed E-state index contributed by atoms with van der Waals surface area (Å²) in [5, 5.41) is 9.75. The summed E-state index contributed by atoms with van der Waals surface area (Å²) in [5.74, 6) is 1.46. The maximum atomic E-state index is 11.9. The van der Waals surface area contributed by atoms with Gasteiger partial charge in [-0.25, -0.2) is 4.98 Å². The molecule has 0 unspecified atom stereocenters. The van der Waals surface area contributed by atoms with Gasteiger partial charge in [-0.3, -0.25) is 9.89 Å². The van der Waals surface area contributed by atoms with Crippen LogP contribution in [0.15, 0.2) is 0 Å². The van der Waals surface area contributed by atoms with Crippen molar-refractivity contribution in [2.45, 2.75) is 25.2 Å². The maximum absolute atomic E-state index is 11.9. The van der Waals surface area contributed by atoms with Crippen molar-refractivity contribution >= 4 is 5.91 Å². The van der Waals surface area contributed by atoms with Crippen molar-refractivity contribution in [2.75, 3.05) is 46.3 Å². The van der Waals surface area contributed by atoms with E-state index in [1.165, 1.54) is 0 Å². The zero-order valence-corrected chi connectivity index (χ0v) is 12.6. The lowest BCUT2D eigenvalue weighted by molar-refractivity contribution is 0.0939. The van der Waals surface area contributed by atoms with Crippen molar-refractivity contribution in [3.05, 3.63) is 11.6 Å². The summed E-state index contributed by atoms with van der Waals surface area (Å²) in [4.78, 5) is 21.0. The molecule has 2 heterocycles. The van der Waals surface area contributed by atoms with Crippen LogP contribution in [0.3, 0.4) is 0 Å². The molecule has 1 saturated heterocycles. The summed E-state index contributed by atoms with van der Waals surface area (Å²) < 4.78 is 0. The van der Waals surface area contributed by atoms with E-state index in [-0.39, 0.29) is 11.7 Å². The molecule has 2 fully saturated rings. The molecule has 2 N–H and O–H groups in total. The van der Waals surface area contributed by atoms with Crippen LogP contribution in [-0.2, 0) is 0 Å². The molecule has 116 valence electrons. The molecular formula is C14H24N6O. The van der Waals surface area contributed by atoms with Crippen LogP contribution in [0.5, 0.6) is 0 Å². The Morgan fingerprint density at radius 2 is 2.10 bits per heavy atom. The fourth-order valence-electron chi connectivity index (χ4n) is 2.57. The second-order valence-electron chi connectivity index (χ2n) is 6.07. The van der Waals surface area contributed by atoms with E-state index < -0.39 is 0 Å². The molecule has 7 heteroatoms. The quantitative estimate of drug-likeness (QED) is 0.725. The van der Waals surface area contributed by atoms with Crippen molar-refractivity contribution in [3.8, 4) is 0 Å². The number of H-pyrrole nitrogens is 1. The van der Waals surface area contributed by atoms with Gasteiger partial charge in [-0.1, -0.05) is 0 Å². The predicted molar refractivity (Wildman–Crippen MR) is 79.2 cm³/mol. The van der Waals surface area contributed by atoms with Crippen LogP contribution in [0.1, 0.15) is 41.6 Å². The first-order chi connectivity index (χ1) is 10.2. The molecule has 1 aliphatic heterocycles. The number of rotatable bonds is 6. The van der Waals surface area contributed by atoms with Gasteiger partial charge in [0, 0.05) is 38.6 Å². The predicted octanol–water partition coefficient (Wildman–Crippen LogP) is 0.0494. The molecule has 1 aromatic rings. The molecule has 1 aromatic heterocycles. The van der Waals surface area contributed by atoms with Crippen molar-refractivity contribution in [1.29, 1.82) is 0 Å². The van der Waals surface area contributed by atoms with E-state index in [4.69, 9.17) is 0 Å². The van der Waals surface area contributed by atoms with Crippen molar-refractivity contribution < 1.29 is 4.79 Å². The number of amides is 1. The third kappa shape index (κ3) is 4.01. The van der Waals surface area contributed by atoms with E-state index in [0.29, 0.717) is 12.5 Å². The number of aromatic nitrogens is 3. The minimum absolute atomic E-state index is 0.170. The monoisotopic (exact) mass is 292 g/mol. The fourth-order valence-corrected chi connectivity index (χ4v) is 2.57. The lowest BCUT2D eigenvalue weighted by atomic mass is 10.3. The molecule has 3 rings (SSSR count). The summed E-state index contributed by atoms with van der Waals surface area (Å²) in [5.41, 5.74) is 0. The smallest absolute Gasteiger partial charge is 0.290 e. The van der Waals surface area contributed by atoms with E-state index >= 15 is 0 Å². The lowest BCUT2D eigenvalue weighted by Crippen LogP contribution is -2.45. The van der Waals surface area contributed by atoms with Gasteiger partial charge in [0.2, 0.25) is 5.82 Å². The van der Waals surface area contributed by atoms with Gasteiger partial charge in [0.05, 0.1) is 0 Å². The van der Waals surface area contributed by atoms with E-state index in [1.54, 1.807) is 0 Å². The molecule has 0 radical (unpaired) electrons. The van der Waals surface area contributed by atoms with E-state index in [1.807, 2.05) is 0 Å². The largest absolute Gasteiger partial charge is 0.349 e. The second kappa shape index (κ2) is 6.53. The molecule has 0 aromatic carbocycles. The molecule has 0 spiro atoms.